The van der Waals surface area contributed by atoms with Crippen molar-refractivity contribution < 1.29 is 9.18 Å². The van der Waals surface area contributed by atoms with Crippen molar-refractivity contribution in [1.29, 1.82) is 0 Å². The monoisotopic (exact) mass is 375 g/mol. The Morgan fingerprint density at radius 2 is 1.86 bits per heavy atom. The van der Waals surface area contributed by atoms with Gasteiger partial charge in [-0.05, 0) is 49.8 Å². The van der Waals surface area contributed by atoms with Crippen LogP contribution in [-0.4, -0.2) is 15.7 Å². The first-order chi connectivity index (χ1) is 13.7. The molecule has 1 fully saturated rings. The number of fused-ring (bicyclic) bond motifs is 1. The third-order valence-electron chi connectivity index (χ3n) is 6.08. The molecule has 5 heteroatoms. The molecule has 1 N–H and O–H groups in total. The fraction of sp³-hybridized carbons (Fsp3) is 0.304. The van der Waals surface area contributed by atoms with Crippen molar-refractivity contribution in [2.45, 2.75) is 43.6 Å². The van der Waals surface area contributed by atoms with Crippen LogP contribution < -0.4 is 5.32 Å². The van der Waals surface area contributed by atoms with Crippen molar-refractivity contribution in [2.24, 2.45) is 0 Å². The summed E-state index contributed by atoms with van der Waals surface area (Å²) in [5.41, 5.74) is 3.16. The molecule has 1 amide bonds. The van der Waals surface area contributed by atoms with Crippen LogP contribution in [-0.2, 0) is 16.6 Å². The molecular formula is C23H22FN3O. The smallest absolute Gasteiger partial charge is 0.231 e. The molecule has 1 atom stereocenters. The van der Waals surface area contributed by atoms with Crippen molar-refractivity contribution >= 4 is 5.91 Å². The number of nitrogens with one attached hydrogen (secondary N) is 1. The molecule has 3 aromatic rings. The number of rotatable bonds is 4. The maximum Gasteiger partial charge on any atom is 0.231 e. The zero-order valence-corrected chi connectivity index (χ0v) is 15.6. The second-order valence-electron chi connectivity index (χ2n) is 7.78. The van der Waals surface area contributed by atoms with E-state index in [-0.39, 0.29) is 23.2 Å². The Labute approximate surface area is 163 Å². The van der Waals surface area contributed by atoms with Gasteiger partial charge in [-0.2, -0.15) is 5.10 Å². The second-order valence-corrected chi connectivity index (χ2v) is 7.78. The third kappa shape index (κ3) is 2.73. The lowest BCUT2D eigenvalue weighted by molar-refractivity contribution is -0.124. The highest BCUT2D eigenvalue weighted by atomic mass is 19.1. The van der Waals surface area contributed by atoms with Crippen LogP contribution in [0.4, 0.5) is 4.39 Å². The Kier molecular flexibility index (Phi) is 4.04. The van der Waals surface area contributed by atoms with Gasteiger partial charge in [0.15, 0.2) is 0 Å². The molecule has 0 saturated heterocycles. The largest absolute Gasteiger partial charge is 0.348 e. The van der Waals surface area contributed by atoms with E-state index in [1.807, 2.05) is 36.4 Å². The summed E-state index contributed by atoms with van der Waals surface area (Å²) in [7, 11) is 0. The van der Waals surface area contributed by atoms with Crippen LogP contribution in [0.25, 0.3) is 5.69 Å². The van der Waals surface area contributed by atoms with Gasteiger partial charge in [-0.25, -0.2) is 9.07 Å². The average Bonchev–Trinajstić information content (AvgIpc) is 3.43. The second kappa shape index (κ2) is 6.59. The van der Waals surface area contributed by atoms with E-state index < -0.39 is 0 Å². The van der Waals surface area contributed by atoms with E-state index in [0.29, 0.717) is 5.69 Å². The molecule has 2 aliphatic carbocycles. The SMILES string of the molecule is O=C(NC1CCCc2c1cnn2-c1ccccc1F)C1(c2ccccc2)CC1. The molecular weight excluding hydrogens is 353 g/mol. The molecule has 4 nitrogen and oxygen atoms in total. The molecule has 0 bridgehead atoms. The summed E-state index contributed by atoms with van der Waals surface area (Å²) in [6.45, 7) is 0. The molecule has 0 radical (unpaired) electrons. The summed E-state index contributed by atoms with van der Waals surface area (Å²) >= 11 is 0. The van der Waals surface area contributed by atoms with Crippen molar-refractivity contribution in [3.8, 4) is 5.69 Å². The number of nitrogens with zero attached hydrogens (tertiary/aromatic N) is 2. The Morgan fingerprint density at radius 3 is 2.61 bits per heavy atom. The lowest BCUT2D eigenvalue weighted by Crippen LogP contribution is -2.38. The molecule has 0 aliphatic heterocycles. The van der Waals surface area contributed by atoms with Gasteiger partial charge in [0.05, 0.1) is 17.7 Å². The Balaban J connectivity index is 1.42. The average molecular weight is 375 g/mol. The number of hydrogen-bond acceptors (Lipinski definition) is 2. The summed E-state index contributed by atoms with van der Waals surface area (Å²) in [6.07, 6.45) is 6.21. The van der Waals surface area contributed by atoms with Crippen LogP contribution in [0.3, 0.4) is 0 Å². The van der Waals surface area contributed by atoms with Gasteiger partial charge in [0.2, 0.25) is 5.91 Å². The van der Waals surface area contributed by atoms with Gasteiger partial charge in [-0.3, -0.25) is 4.79 Å². The van der Waals surface area contributed by atoms with E-state index in [1.165, 1.54) is 6.07 Å². The molecule has 1 heterocycles. The summed E-state index contributed by atoms with van der Waals surface area (Å²) in [6, 6.07) is 16.6. The minimum absolute atomic E-state index is 0.0713. The van der Waals surface area contributed by atoms with Crippen LogP contribution >= 0.6 is 0 Å². The maximum absolute atomic E-state index is 14.3. The van der Waals surface area contributed by atoms with Gasteiger partial charge in [0.1, 0.15) is 11.5 Å². The van der Waals surface area contributed by atoms with Crippen LogP contribution in [0, 0.1) is 5.82 Å². The van der Waals surface area contributed by atoms with Gasteiger partial charge < -0.3 is 5.32 Å². The van der Waals surface area contributed by atoms with Crippen molar-refractivity contribution in [3.05, 3.63) is 83.4 Å². The highest BCUT2D eigenvalue weighted by molar-refractivity contribution is 5.91. The molecule has 28 heavy (non-hydrogen) atoms. The van der Waals surface area contributed by atoms with Gasteiger partial charge >= 0.3 is 0 Å². The minimum Gasteiger partial charge on any atom is -0.348 e. The number of benzene rings is 2. The Hall–Kier alpha value is -2.95. The van der Waals surface area contributed by atoms with E-state index in [1.54, 1.807) is 23.0 Å². The number of halogens is 1. The highest BCUT2D eigenvalue weighted by Gasteiger charge is 2.51. The molecule has 5 rings (SSSR count). The number of hydrogen-bond donors (Lipinski definition) is 1. The maximum atomic E-state index is 14.3. The first-order valence-electron chi connectivity index (χ1n) is 9.87. The van der Waals surface area contributed by atoms with E-state index in [9.17, 15) is 9.18 Å². The number of carbonyl (C=O) groups is 1. The van der Waals surface area contributed by atoms with Crippen molar-refractivity contribution in [2.75, 3.05) is 0 Å². The predicted molar refractivity (Wildman–Crippen MR) is 105 cm³/mol. The highest BCUT2D eigenvalue weighted by Crippen LogP contribution is 2.49. The standard InChI is InChI=1S/C23H22FN3O/c24-18-9-4-5-11-21(18)27-20-12-6-10-19(17(20)15-25-27)26-22(28)23(13-14-23)16-7-2-1-3-8-16/h1-5,7-9,11,15,19H,6,10,12-14H2,(H,26,28). The fourth-order valence-corrected chi connectivity index (χ4v) is 4.36. The Morgan fingerprint density at radius 1 is 1.11 bits per heavy atom. The predicted octanol–water partition coefficient (Wildman–Crippen LogP) is 4.24. The van der Waals surface area contributed by atoms with E-state index in [0.717, 1.165) is 48.9 Å². The molecule has 142 valence electrons. The van der Waals surface area contributed by atoms with Crippen LogP contribution in [0.15, 0.2) is 60.8 Å². The summed E-state index contributed by atoms with van der Waals surface area (Å²) in [5, 5.41) is 7.72. The summed E-state index contributed by atoms with van der Waals surface area (Å²) < 4.78 is 15.9. The molecule has 0 spiro atoms. The third-order valence-corrected chi connectivity index (χ3v) is 6.08. The fourth-order valence-electron chi connectivity index (χ4n) is 4.36. The van der Waals surface area contributed by atoms with Gasteiger partial charge in [0, 0.05) is 11.3 Å². The molecule has 1 saturated carbocycles. The minimum atomic E-state index is -0.388. The molecule has 1 unspecified atom stereocenters. The normalized spacial score (nSPS) is 19.7. The van der Waals surface area contributed by atoms with Crippen LogP contribution in [0.1, 0.15) is 48.5 Å². The van der Waals surface area contributed by atoms with Crippen LogP contribution in [0.5, 0.6) is 0 Å². The van der Waals surface area contributed by atoms with Crippen molar-refractivity contribution in [1.82, 2.24) is 15.1 Å². The lowest BCUT2D eigenvalue weighted by Gasteiger charge is -2.26. The summed E-state index contributed by atoms with van der Waals surface area (Å²) in [4.78, 5) is 13.1. The number of aromatic nitrogens is 2. The van der Waals surface area contributed by atoms with Gasteiger partial charge in [-0.15, -0.1) is 0 Å². The van der Waals surface area contributed by atoms with E-state index in [4.69, 9.17) is 0 Å². The zero-order chi connectivity index (χ0) is 19.1. The van der Waals surface area contributed by atoms with E-state index >= 15 is 0 Å². The molecule has 2 aromatic carbocycles. The first-order valence-corrected chi connectivity index (χ1v) is 9.87. The number of amides is 1. The van der Waals surface area contributed by atoms with E-state index in [2.05, 4.69) is 10.4 Å². The number of carbonyl (C=O) groups excluding carboxylic acids is 1. The lowest BCUT2D eigenvalue weighted by atomic mass is 9.90. The topological polar surface area (TPSA) is 46.9 Å². The molecule has 2 aliphatic rings. The van der Waals surface area contributed by atoms with Crippen molar-refractivity contribution in [3.63, 3.8) is 0 Å². The molecule has 1 aromatic heterocycles. The Bertz CT molecular complexity index is 1020. The summed E-state index contributed by atoms with van der Waals surface area (Å²) in [5.74, 6) is -0.198. The van der Waals surface area contributed by atoms with Gasteiger partial charge in [0.25, 0.3) is 0 Å². The quantitative estimate of drug-likeness (QED) is 0.742. The first kappa shape index (κ1) is 17.2. The van der Waals surface area contributed by atoms with Gasteiger partial charge in [-0.1, -0.05) is 42.5 Å². The van der Waals surface area contributed by atoms with Crippen LogP contribution in [0.2, 0.25) is 0 Å². The zero-order valence-electron chi connectivity index (χ0n) is 15.6. The number of para-hydroxylation sites is 1.